The molecular formula is C26H29N5O3. The van der Waals surface area contributed by atoms with Crippen LogP contribution in [0.15, 0.2) is 60.7 Å². The summed E-state index contributed by atoms with van der Waals surface area (Å²) in [5.74, 6) is 0.725. The number of aromatic nitrogens is 1. The third-order valence-electron chi connectivity index (χ3n) is 6.13. The highest BCUT2D eigenvalue weighted by molar-refractivity contribution is 5.93. The molecule has 1 aromatic heterocycles. The van der Waals surface area contributed by atoms with Crippen molar-refractivity contribution in [1.82, 2.24) is 10.3 Å². The van der Waals surface area contributed by atoms with Gasteiger partial charge >= 0.3 is 0 Å². The lowest BCUT2D eigenvalue weighted by Crippen LogP contribution is -2.39. The number of nitrogens with zero attached hydrogens (tertiary/aromatic N) is 3. The zero-order valence-electron chi connectivity index (χ0n) is 19.4. The van der Waals surface area contributed by atoms with Crippen LogP contribution < -0.4 is 15.5 Å². The molecule has 2 aromatic carbocycles. The maximum Gasteiger partial charge on any atom is 0.269 e. The third-order valence-corrected chi connectivity index (χ3v) is 6.13. The Kier molecular flexibility index (Phi) is 7.06. The van der Waals surface area contributed by atoms with E-state index in [1.165, 1.54) is 18.2 Å². The first kappa shape index (κ1) is 23.2. The Morgan fingerprint density at radius 1 is 1.06 bits per heavy atom. The Bertz CT molecular complexity index is 1200. The SMILES string of the molecule is CN(C)c1cc(NC2CCC(NC(=O)C=Cc3ccc([N+](=O)[O-])cc3)CC2)nc2ccccc12. The molecule has 1 amide bonds. The topological polar surface area (TPSA) is 100 Å². The second kappa shape index (κ2) is 10.3. The summed E-state index contributed by atoms with van der Waals surface area (Å²) < 4.78 is 0. The Balaban J connectivity index is 1.29. The van der Waals surface area contributed by atoms with Gasteiger partial charge in [0, 0.05) is 61.5 Å². The number of nitro benzene ring substituents is 1. The number of nitro groups is 1. The molecule has 1 fully saturated rings. The van der Waals surface area contributed by atoms with Gasteiger partial charge in [-0.15, -0.1) is 0 Å². The molecule has 34 heavy (non-hydrogen) atoms. The summed E-state index contributed by atoms with van der Waals surface area (Å²) >= 11 is 0. The van der Waals surface area contributed by atoms with Crippen molar-refractivity contribution in [1.29, 1.82) is 0 Å². The van der Waals surface area contributed by atoms with Crippen LogP contribution in [0.5, 0.6) is 0 Å². The fraction of sp³-hybridized carbons (Fsp3) is 0.308. The monoisotopic (exact) mass is 459 g/mol. The summed E-state index contributed by atoms with van der Waals surface area (Å²) in [6.45, 7) is 0. The summed E-state index contributed by atoms with van der Waals surface area (Å²) in [6.07, 6.45) is 6.82. The molecule has 0 aliphatic heterocycles. The maximum atomic E-state index is 12.3. The molecule has 2 N–H and O–H groups in total. The Labute approximate surface area is 198 Å². The van der Waals surface area contributed by atoms with Crippen LogP contribution in [0.25, 0.3) is 17.0 Å². The van der Waals surface area contributed by atoms with Gasteiger partial charge in [-0.25, -0.2) is 4.98 Å². The summed E-state index contributed by atoms with van der Waals surface area (Å²) in [5.41, 5.74) is 2.88. The van der Waals surface area contributed by atoms with Gasteiger partial charge in [-0.2, -0.15) is 0 Å². The lowest BCUT2D eigenvalue weighted by Gasteiger charge is -2.30. The second-order valence-electron chi connectivity index (χ2n) is 8.82. The van der Waals surface area contributed by atoms with Gasteiger partial charge < -0.3 is 15.5 Å². The van der Waals surface area contributed by atoms with Crippen LogP contribution in [-0.4, -0.2) is 42.0 Å². The van der Waals surface area contributed by atoms with E-state index in [0.717, 1.165) is 53.7 Å². The number of rotatable bonds is 7. The van der Waals surface area contributed by atoms with Crippen molar-refractivity contribution in [3.05, 3.63) is 76.4 Å². The number of pyridine rings is 1. The number of nitrogens with one attached hydrogen (secondary N) is 2. The van der Waals surface area contributed by atoms with Crippen molar-refractivity contribution in [2.24, 2.45) is 0 Å². The zero-order chi connectivity index (χ0) is 24.1. The van der Waals surface area contributed by atoms with Crippen LogP contribution in [0.4, 0.5) is 17.2 Å². The first-order valence-electron chi connectivity index (χ1n) is 11.5. The van der Waals surface area contributed by atoms with Crippen molar-refractivity contribution in [2.45, 2.75) is 37.8 Å². The Hall–Kier alpha value is -3.94. The molecule has 8 heteroatoms. The molecule has 1 aliphatic rings. The van der Waals surface area contributed by atoms with Crippen LogP contribution in [-0.2, 0) is 4.79 Å². The molecule has 0 unspecified atom stereocenters. The van der Waals surface area contributed by atoms with E-state index in [1.807, 2.05) is 32.3 Å². The number of non-ortho nitro benzene ring substituents is 1. The van der Waals surface area contributed by atoms with Gasteiger partial charge in [0.1, 0.15) is 5.82 Å². The summed E-state index contributed by atoms with van der Waals surface area (Å²) in [5, 5.41) is 18.5. The molecule has 8 nitrogen and oxygen atoms in total. The number of para-hydroxylation sites is 1. The van der Waals surface area contributed by atoms with Crippen LogP contribution in [0, 0.1) is 10.1 Å². The Morgan fingerprint density at radius 2 is 1.74 bits per heavy atom. The Morgan fingerprint density at radius 3 is 2.41 bits per heavy atom. The highest BCUT2D eigenvalue weighted by Crippen LogP contribution is 2.29. The normalized spacial score (nSPS) is 18.1. The van der Waals surface area contributed by atoms with Gasteiger partial charge in [0.05, 0.1) is 10.4 Å². The molecule has 0 spiro atoms. The van der Waals surface area contributed by atoms with E-state index < -0.39 is 4.92 Å². The minimum Gasteiger partial charge on any atom is -0.377 e. The smallest absolute Gasteiger partial charge is 0.269 e. The highest BCUT2D eigenvalue weighted by Gasteiger charge is 2.22. The van der Waals surface area contributed by atoms with Gasteiger partial charge in [-0.1, -0.05) is 18.2 Å². The third kappa shape index (κ3) is 5.70. The van der Waals surface area contributed by atoms with Crippen LogP contribution in [0.1, 0.15) is 31.2 Å². The van der Waals surface area contributed by atoms with E-state index in [2.05, 4.69) is 27.7 Å². The van der Waals surface area contributed by atoms with Crippen molar-refractivity contribution >= 4 is 40.1 Å². The largest absolute Gasteiger partial charge is 0.377 e. The summed E-state index contributed by atoms with van der Waals surface area (Å²) in [4.78, 5) is 29.5. The van der Waals surface area contributed by atoms with Gasteiger partial charge in [-0.05, 0) is 55.5 Å². The zero-order valence-corrected chi connectivity index (χ0v) is 19.4. The van der Waals surface area contributed by atoms with E-state index in [-0.39, 0.29) is 17.6 Å². The number of carbonyl (C=O) groups is 1. The summed E-state index contributed by atoms with van der Waals surface area (Å²) in [7, 11) is 4.07. The molecule has 0 bridgehead atoms. The molecule has 1 aliphatic carbocycles. The standard InChI is InChI=1S/C26H29N5O3/c1-30(2)24-17-25(29-23-6-4-3-5-22(23)24)27-19-10-12-20(13-11-19)28-26(32)16-9-18-7-14-21(15-8-18)31(33)34/h3-9,14-17,19-20H,10-13H2,1-2H3,(H,27,29)(H,28,32). The lowest BCUT2D eigenvalue weighted by atomic mass is 9.91. The van der Waals surface area contributed by atoms with E-state index in [4.69, 9.17) is 4.98 Å². The van der Waals surface area contributed by atoms with Crippen molar-refractivity contribution in [3.63, 3.8) is 0 Å². The number of amides is 1. The molecule has 0 saturated heterocycles. The van der Waals surface area contributed by atoms with Gasteiger partial charge in [0.25, 0.3) is 5.69 Å². The van der Waals surface area contributed by atoms with Crippen molar-refractivity contribution in [3.8, 4) is 0 Å². The average molecular weight is 460 g/mol. The van der Waals surface area contributed by atoms with Crippen LogP contribution in [0.3, 0.4) is 0 Å². The summed E-state index contributed by atoms with van der Waals surface area (Å²) in [6, 6.07) is 16.8. The first-order chi connectivity index (χ1) is 16.4. The minimum absolute atomic E-state index is 0.0313. The lowest BCUT2D eigenvalue weighted by molar-refractivity contribution is -0.384. The number of benzene rings is 2. The number of fused-ring (bicyclic) bond motifs is 1. The van der Waals surface area contributed by atoms with Crippen LogP contribution >= 0.6 is 0 Å². The quantitative estimate of drug-likeness (QED) is 0.300. The number of carbonyl (C=O) groups excluding carboxylic acids is 1. The fourth-order valence-electron chi connectivity index (χ4n) is 4.32. The maximum absolute atomic E-state index is 12.3. The molecule has 0 atom stereocenters. The fourth-order valence-corrected chi connectivity index (χ4v) is 4.32. The molecular weight excluding hydrogens is 430 g/mol. The number of hydrogen-bond acceptors (Lipinski definition) is 6. The van der Waals surface area contributed by atoms with Crippen LogP contribution in [0.2, 0.25) is 0 Å². The van der Waals surface area contributed by atoms with Gasteiger partial charge in [-0.3, -0.25) is 14.9 Å². The predicted molar refractivity (Wildman–Crippen MR) is 136 cm³/mol. The molecule has 176 valence electrons. The highest BCUT2D eigenvalue weighted by atomic mass is 16.6. The molecule has 3 aromatic rings. The molecule has 4 rings (SSSR count). The molecule has 1 saturated carbocycles. The number of hydrogen-bond donors (Lipinski definition) is 2. The first-order valence-corrected chi connectivity index (χ1v) is 11.5. The molecule has 1 heterocycles. The van der Waals surface area contributed by atoms with E-state index in [1.54, 1.807) is 18.2 Å². The number of anilines is 2. The van der Waals surface area contributed by atoms with Crippen molar-refractivity contribution in [2.75, 3.05) is 24.3 Å². The minimum atomic E-state index is -0.442. The van der Waals surface area contributed by atoms with E-state index >= 15 is 0 Å². The van der Waals surface area contributed by atoms with Crippen molar-refractivity contribution < 1.29 is 9.72 Å². The second-order valence-corrected chi connectivity index (χ2v) is 8.82. The molecule has 0 radical (unpaired) electrons. The van der Waals surface area contributed by atoms with Gasteiger partial charge in [0.15, 0.2) is 0 Å². The van der Waals surface area contributed by atoms with E-state index in [0.29, 0.717) is 6.04 Å². The van der Waals surface area contributed by atoms with E-state index in [9.17, 15) is 14.9 Å². The predicted octanol–water partition coefficient (Wildman–Crippen LogP) is 4.76. The average Bonchev–Trinajstić information content (AvgIpc) is 2.83. The van der Waals surface area contributed by atoms with Gasteiger partial charge in [0.2, 0.25) is 5.91 Å².